The van der Waals surface area contributed by atoms with Crippen LogP contribution in [0.3, 0.4) is 0 Å². The lowest BCUT2D eigenvalue weighted by Gasteiger charge is -2.11. The highest BCUT2D eigenvalue weighted by atomic mass is 32.2. The summed E-state index contributed by atoms with van der Waals surface area (Å²) in [5.74, 6) is 0. The second-order valence-electron chi connectivity index (χ2n) is 3.99. The standard InChI is InChI=1S/C11H15NO4S/c13-7-9-2-1-3-11(6-9)17(14,15)12-10-4-5-16-8-10/h1-3,6,10,12-13H,4-5,7-8H2. The van der Waals surface area contributed by atoms with E-state index in [9.17, 15) is 8.42 Å². The van der Waals surface area contributed by atoms with Crippen LogP contribution in [-0.2, 0) is 21.4 Å². The number of ether oxygens (including phenoxy) is 1. The lowest BCUT2D eigenvalue weighted by atomic mass is 10.2. The highest BCUT2D eigenvalue weighted by Gasteiger charge is 2.23. The van der Waals surface area contributed by atoms with Crippen molar-refractivity contribution in [1.82, 2.24) is 4.72 Å². The molecule has 1 fully saturated rings. The summed E-state index contributed by atoms with van der Waals surface area (Å²) in [7, 11) is -3.52. The summed E-state index contributed by atoms with van der Waals surface area (Å²) in [4.78, 5) is 0.177. The molecule has 2 N–H and O–H groups in total. The number of aliphatic hydroxyl groups is 1. The molecule has 17 heavy (non-hydrogen) atoms. The van der Waals surface area contributed by atoms with Crippen LogP contribution in [0.4, 0.5) is 0 Å². The molecule has 0 aliphatic carbocycles. The van der Waals surface area contributed by atoms with Crippen molar-refractivity contribution >= 4 is 10.0 Å². The van der Waals surface area contributed by atoms with Crippen molar-refractivity contribution in [2.45, 2.75) is 24.0 Å². The van der Waals surface area contributed by atoms with E-state index in [1.165, 1.54) is 12.1 Å². The number of hydrogen-bond acceptors (Lipinski definition) is 4. The first-order chi connectivity index (χ1) is 8.12. The Morgan fingerprint density at radius 1 is 1.47 bits per heavy atom. The summed E-state index contributed by atoms with van der Waals surface area (Å²) in [6.07, 6.45) is 0.693. The van der Waals surface area contributed by atoms with E-state index in [-0.39, 0.29) is 17.5 Å². The maximum Gasteiger partial charge on any atom is 0.240 e. The van der Waals surface area contributed by atoms with Gasteiger partial charge in [0.2, 0.25) is 10.0 Å². The Hall–Kier alpha value is -0.950. The van der Waals surface area contributed by atoms with Gasteiger partial charge in [0, 0.05) is 12.6 Å². The summed E-state index contributed by atoms with van der Waals surface area (Å²) in [5.41, 5.74) is 0.579. The van der Waals surface area contributed by atoms with E-state index in [0.29, 0.717) is 25.2 Å². The smallest absolute Gasteiger partial charge is 0.240 e. The van der Waals surface area contributed by atoms with E-state index >= 15 is 0 Å². The minimum Gasteiger partial charge on any atom is -0.392 e. The van der Waals surface area contributed by atoms with E-state index < -0.39 is 10.0 Å². The van der Waals surface area contributed by atoms with E-state index in [4.69, 9.17) is 9.84 Å². The summed E-state index contributed by atoms with van der Waals surface area (Å²) >= 11 is 0. The van der Waals surface area contributed by atoms with Gasteiger partial charge in [-0.1, -0.05) is 12.1 Å². The second kappa shape index (κ2) is 5.14. The fourth-order valence-electron chi connectivity index (χ4n) is 1.73. The molecule has 0 radical (unpaired) electrons. The number of hydrogen-bond donors (Lipinski definition) is 2. The molecule has 2 rings (SSSR count). The largest absolute Gasteiger partial charge is 0.392 e. The number of rotatable bonds is 4. The van der Waals surface area contributed by atoms with Gasteiger partial charge in [-0.05, 0) is 24.1 Å². The van der Waals surface area contributed by atoms with Crippen LogP contribution in [0.1, 0.15) is 12.0 Å². The number of aliphatic hydroxyl groups excluding tert-OH is 1. The molecule has 1 unspecified atom stereocenters. The molecule has 0 bridgehead atoms. The fourth-order valence-corrected chi connectivity index (χ4v) is 3.05. The number of benzene rings is 1. The van der Waals surface area contributed by atoms with Crippen molar-refractivity contribution in [1.29, 1.82) is 0 Å². The average Bonchev–Trinajstić information content (AvgIpc) is 2.81. The summed E-state index contributed by atoms with van der Waals surface area (Å²) in [6.45, 7) is 0.832. The molecule has 1 aromatic rings. The van der Waals surface area contributed by atoms with Gasteiger partial charge in [-0.3, -0.25) is 0 Å². The first-order valence-electron chi connectivity index (χ1n) is 5.42. The van der Waals surface area contributed by atoms with Crippen molar-refractivity contribution in [3.63, 3.8) is 0 Å². The molecular weight excluding hydrogens is 242 g/mol. The van der Waals surface area contributed by atoms with Gasteiger partial charge in [0.15, 0.2) is 0 Å². The third kappa shape index (κ3) is 3.04. The van der Waals surface area contributed by atoms with Crippen molar-refractivity contribution in [2.75, 3.05) is 13.2 Å². The topological polar surface area (TPSA) is 75.6 Å². The van der Waals surface area contributed by atoms with Crippen LogP contribution in [0.2, 0.25) is 0 Å². The molecule has 0 aromatic heterocycles. The Morgan fingerprint density at radius 2 is 2.29 bits per heavy atom. The maximum atomic E-state index is 12.0. The van der Waals surface area contributed by atoms with E-state index in [1.807, 2.05) is 0 Å². The van der Waals surface area contributed by atoms with Crippen LogP contribution < -0.4 is 4.72 Å². The zero-order valence-electron chi connectivity index (χ0n) is 9.30. The van der Waals surface area contributed by atoms with Crippen LogP contribution >= 0.6 is 0 Å². The fraction of sp³-hybridized carbons (Fsp3) is 0.455. The van der Waals surface area contributed by atoms with Crippen LogP contribution in [0.15, 0.2) is 29.2 Å². The van der Waals surface area contributed by atoms with Gasteiger partial charge in [-0.2, -0.15) is 0 Å². The molecule has 0 spiro atoms. The third-order valence-corrected chi connectivity index (χ3v) is 4.16. The Morgan fingerprint density at radius 3 is 2.94 bits per heavy atom. The van der Waals surface area contributed by atoms with Crippen molar-refractivity contribution in [2.24, 2.45) is 0 Å². The highest BCUT2D eigenvalue weighted by Crippen LogP contribution is 2.14. The highest BCUT2D eigenvalue weighted by molar-refractivity contribution is 7.89. The summed E-state index contributed by atoms with van der Waals surface area (Å²) in [5, 5.41) is 8.98. The molecule has 1 aromatic carbocycles. The van der Waals surface area contributed by atoms with Crippen molar-refractivity contribution < 1.29 is 18.3 Å². The normalized spacial score (nSPS) is 20.6. The Labute approximate surface area is 100 Å². The maximum absolute atomic E-state index is 12.0. The second-order valence-corrected chi connectivity index (χ2v) is 5.70. The lowest BCUT2D eigenvalue weighted by Crippen LogP contribution is -2.35. The van der Waals surface area contributed by atoms with Gasteiger partial charge in [0.05, 0.1) is 18.1 Å². The quantitative estimate of drug-likeness (QED) is 0.810. The van der Waals surface area contributed by atoms with Gasteiger partial charge in [-0.15, -0.1) is 0 Å². The molecule has 1 aliphatic rings. The first-order valence-corrected chi connectivity index (χ1v) is 6.90. The first kappa shape index (κ1) is 12.5. The molecule has 1 saturated heterocycles. The van der Waals surface area contributed by atoms with Gasteiger partial charge in [-0.25, -0.2) is 13.1 Å². The van der Waals surface area contributed by atoms with Crippen LogP contribution in [-0.4, -0.2) is 32.8 Å². The number of sulfonamides is 1. The monoisotopic (exact) mass is 257 g/mol. The predicted octanol–water partition coefficient (Wildman–Crippen LogP) is 0.246. The molecule has 6 heteroatoms. The molecule has 1 aliphatic heterocycles. The molecule has 1 heterocycles. The van der Waals surface area contributed by atoms with Gasteiger partial charge in [0.25, 0.3) is 0 Å². The molecular formula is C11H15NO4S. The predicted molar refractivity (Wildman–Crippen MR) is 61.9 cm³/mol. The van der Waals surface area contributed by atoms with Crippen molar-refractivity contribution in [3.8, 4) is 0 Å². The summed E-state index contributed by atoms with van der Waals surface area (Å²) < 4.78 is 31.7. The molecule has 0 saturated carbocycles. The Kier molecular flexibility index (Phi) is 3.78. The molecule has 94 valence electrons. The lowest BCUT2D eigenvalue weighted by molar-refractivity contribution is 0.192. The van der Waals surface area contributed by atoms with Gasteiger partial charge in [0.1, 0.15) is 0 Å². The average molecular weight is 257 g/mol. The zero-order valence-corrected chi connectivity index (χ0v) is 10.1. The Bertz CT molecular complexity index is 480. The van der Waals surface area contributed by atoms with E-state index in [2.05, 4.69) is 4.72 Å². The van der Waals surface area contributed by atoms with Crippen LogP contribution in [0.5, 0.6) is 0 Å². The van der Waals surface area contributed by atoms with Crippen molar-refractivity contribution in [3.05, 3.63) is 29.8 Å². The Balaban J connectivity index is 2.18. The molecule has 5 nitrogen and oxygen atoms in total. The minimum atomic E-state index is -3.52. The van der Waals surface area contributed by atoms with Gasteiger partial charge < -0.3 is 9.84 Å². The molecule has 1 atom stereocenters. The minimum absolute atomic E-state index is 0.155. The van der Waals surface area contributed by atoms with E-state index in [1.54, 1.807) is 12.1 Å². The summed E-state index contributed by atoms with van der Waals surface area (Å²) in [6, 6.07) is 6.12. The zero-order chi connectivity index (χ0) is 12.3. The number of nitrogens with one attached hydrogen (secondary N) is 1. The SMILES string of the molecule is O=S(=O)(NC1CCOC1)c1cccc(CO)c1. The molecule has 0 amide bonds. The van der Waals surface area contributed by atoms with E-state index in [0.717, 1.165) is 0 Å². The third-order valence-electron chi connectivity index (χ3n) is 2.64. The van der Waals surface area contributed by atoms with Gasteiger partial charge >= 0.3 is 0 Å². The van der Waals surface area contributed by atoms with Crippen LogP contribution in [0, 0.1) is 0 Å². The van der Waals surface area contributed by atoms with Crippen LogP contribution in [0.25, 0.3) is 0 Å².